The lowest BCUT2D eigenvalue weighted by molar-refractivity contribution is 0.279. The van der Waals surface area contributed by atoms with Gasteiger partial charge in [0.15, 0.2) is 11.5 Å². The summed E-state index contributed by atoms with van der Waals surface area (Å²) in [5, 5.41) is 8.50. The highest BCUT2D eigenvalue weighted by Gasteiger charge is 2.13. The molecule has 0 amide bonds. The van der Waals surface area contributed by atoms with Crippen LogP contribution in [-0.2, 0) is 6.61 Å². The van der Waals surface area contributed by atoms with Crippen molar-refractivity contribution in [3.8, 4) is 29.0 Å². The molecule has 0 bridgehead atoms. The minimum atomic E-state index is 0.276. The molecule has 0 spiro atoms. The molecular weight excluding hydrogens is 352 g/mol. The van der Waals surface area contributed by atoms with Crippen LogP contribution in [0.15, 0.2) is 71.2 Å². The number of oxazole rings is 1. The first-order valence-corrected chi connectivity index (χ1v) is 8.76. The number of allylic oxidation sites excluding steroid dienone is 3. The minimum Gasteiger partial charge on any atom is -0.493 e. The maximum atomic E-state index is 8.50. The maximum Gasteiger partial charge on any atom is 0.226 e. The zero-order valence-electron chi connectivity index (χ0n) is 15.8. The molecule has 0 atom stereocenters. The van der Waals surface area contributed by atoms with Gasteiger partial charge in [-0.15, -0.1) is 0 Å². The number of hydrogen-bond donors (Lipinski definition) is 0. The molecule has 5 heteroatoms. The van der Waals surface area contributed by atoms with Crippen LogP contribution >= 0.6 is 0 Å². The van der Waals surface area contributed by atoms with E-state index in [-0.39, 0.29) is 6.61 Å². The number of aromatic nitrogens is 1. The molecule has 1 heterocycles. The lowest BCUT2D eigenvalue weighted by Gasteiger charge is -2.10. The van der Waals surface area contributed by atoms with Crippen LogP contribution in [0.2, 0.25) is 0 Å². The molecule has 3 rings (SSSR count). The monoisotopic (exact) mass is 372 g/mol. The van der Waals surface area contributed by atoms with Crippen LogP contribution in [0.3, 0.4) is 0 Å². The van der Waals surface area contributed by atoms with Crippen molar-refractivity contribution in [2.45, 2.75) is 13.5 Å². The molecule has 0 aliphatic rings. The Bertz CT molecular complexity index is 1030. The molecule has 28 heavy (non-hydrogen) atoms. The first-order chi connectivity index (χ1) is 13.7. The summed E-state index contributed by atoms with van der Waals surface area (Å²) in [6.07, 6.45) is 6.76. The van der Waals surface area contributed by atoms with Crippen LogP contribution in [0, 0.1) is 18.3 Å². The van der Waals surface area contributed by atoms with E-state index in [0.29, 0.717) is 17.4 Å². The molecule has 0 saturated carbocycles. The molecule has 0 saturated heterocycles. The summed E-state index contributed by atoms with van der Waals surface area (Å²) in [7, 11) is 1.60. The van der Waals surface area contributed by atoms with Gasteiger partial charge in [-0.3, -0.25) is 0 Å². The number of rotatable bonds is 7. The molecule has 5 nitrogen and oxygen atoms in total. The topological polar surface area (TPSA) is 68.3 Å². The van der Waals surface area contributed by atoms with E-state index in [1.807, 2.05) is 67.6 Å². The fourth-order valence-electron chi connectivity index (χ4n) is 2.58. The number of nitriles is 1. The summed E-state index contributed by atoms with van der Waals surface area (Å²) in [5.74, 6) is 2.54. The quantitative estimate of drug-likeness (QED) is 0.414. The highest BCUT2D eigenvalue weighted by molar-refractivity contribution is 5.57. The van der Waals surface area contributed by atoms with Gasteiger partial charge in [0.25, 0.3) is 0 Å². The van der Waals surface area contributed by atoms with Crippen molar-refractivity contribution in [2.24, 2.45) is 0 Å². The third kappa shape index (κ3) is 4.68. The van der Waals surface area contributed by atoms with E-state index < -0.39 is 0 Å². The fourth-order valence-corrected chi connectivity index (χ4v) is 2.58. The van der Waals surface area contributed by atoms with Gasteiger partial charge >= 0.3 is 0 Å². The van der Waals surface area contributed by atoms with E-state index in [9.17, 15) is 0 Å². The maximum absolute atomic E-state index is 8.50. The van der Waals surface area contributed by atoms with E-state index in [2.05, 4.69) is 4.98 Å². The standard InChI is InChI=1S/C23H20N2O3/c1-17-20(25-23(28-17)19-10-6-3-7-11-19)16-27-21-13-12-18(15-22(21)26-2)9-5-4-8-14-24/h3-13,15H,16H2,1-2H3/b8-4+,9-5+. The second-order valence-electron chi connectivity index (χ2n) is 5.93. The summed E-state index contributed by atoms with van der Waals surface area (Å²) in [6.45, 7) is 2.15. The van der Waals surface area contributed by atoms with Crippen molar-refractivity contribution in [1.82, 2.24) is 4.98 Å². The van der Waals surface area contributed by atoms with Gasteiger partial charge in [-0.1, -0.05) is 42.5 Å². The molecule has 0 aliphatic heterocycles. The summed E-state index contributed by atoms with van der Waals surface area (Å²) >= 11 is 0. The Labute approximate surface area is 164 Å². The van der Waals surface area contributed by atoms with Gasteiger partial charge < -0.3 is 13.9 Å². The Morgan fingerprint density at radius 3 is 2.68 bits per heavy atom. The van der Waals surface area contributed by atoms with Crippen molar-refractivity contribution in [1.29, 1.82) is 5.26 Å². The third-order valence-corrected chi connectivity index (χ3v) is 4.04. The third-order valence-electron chi connectivity index (χ3n) is 4.04. The highest BCUT2D eigenvalue weighted by Crippen LogP contribution is 2.30. The van der Waals surface area contributed by atoms with E-state index >= 15 is 0 Å². The Kier molecular flexibility index (Phi) is 6.27. The normalized spacial score (nSPS) is 11.0. The molecule has 0 aliphatic carbocycles. The van der Waals surface area contributed by atoms with Gasteiger partial charge in [0.1, 0.15) is 18.1 Å². The van der Waals surface area contributed by atoms with Gasteiger partial charge in [-0.2, -0.15) is 5.26 Å². The van der Waals surface area contributed by atoms with Gasteiger partial charge in [0.05, 0.1) is 13.2 Å². The van der Waals surface area contributed by atoms with Crippen LogP contribution in [-0.4, -0.2) is 12.1 Å². The van der Waals surface area contributed by atoms with Gasteiger partial charge in [-0.25, -0.2) is 4.98 Å². The fraction of sp³-hybridized carbons (Fsp3) is 0.130. The van der Waals surface area contributed by atoms with Crippen LogP contribution in [0.5, 0.6) is 11.5 Å². The van der Waals surface area contributed by atoms with E-state index in [4.69, 9.17) is 19.2 Å². The summed E-state index contributed by atoms with van der Waals surface area (Å²) in [5.41, 5.74) is 2.61. The highest BCUT2D eigenvalue weighted by atomic mass is 16.5. The second kappa shape index (κ2) is 9.24. The Hall–Kier alpha value is -3.78. The van der Waals surface area contributed by atoms with E-state index in [1.165, 1.54) is 6.08 Å². The van der Waals surface area contributed by atoms with Crippen molar-refractivity contribution < 1.29 is 13.9 Å². The molecule has 0 radical (unpaired) electrons. The average Bonchev–Trinajstić information content (AvgIpc) is 3.11. The number of methoxy groups -OCH3 is 1. The van der Waals surface area contributed by atoms with Crippen LogP contribution in [0.1, 0.15) is 17.0 Å². The molecule has 1 aromatic heterocycles. The minimum absolute atomic E-state index is 0.276. The molecule has 140 valence electrons. The Morgan fingerprint density at radius 2 is 1.93 bits per heavy atom. The summed E-state index contributed by atoms with van der Waals surface area (Å²) < 4.78 is 17.1. The number of ether oxygens (including phenoxy) is 2. The van der Waals surface area contributed by atoms with Crippen molar-refractivity contribution in [2.75, 3.05) is 7.11 Å². The van der Waals surface area contributed by atoms with Gasteiger partial charge in [-0.05, 0) is 36.8 Å². The van der Waals surface area contributed by atoms with Gasteiger partial charge in [0.2, 0.25) is 5.89 Å². The first-order valence-electron chi connectivity index (χ1n) is 8.76. The van der Waals surface area contributed by atoms with Crippen molar-refractivity contribution in [3.05, 3.63) is 83.8 Å². The molecule has 0 unspecified atom stereocenters. The number of aryl methyl sites for hydroxylation is 1. The van der Waals surface area contributed by atoms with Crippen molar-refractivity contribution in [3.63, 3.8) is 0 Å². The summed E-state index contributed by atoms with van der Waals surface area (Å²) in [6, 6.07) is 17.3. The summed E-state index contributed by atoms with van der Waals surface area (Å²) in [4.78, 5) is 4.55. The predicted molar refractivity (Wildman–Crippen MR) is 108 cm³/mol. The zero-order valence-corrected chi connectivity index (χ0v) is 15.8. The van der Waals surface area contributed by atoms with E-state index in [0.717, 1.165) is 22.6 Å². The molecule has 2 aromatic carbocycles. The molecule has 0 N–H and O–H groups in total. The largest absolute Gasteiger partial charge is 0.493 e. The number of benzene rings is 2. The second-order valence-corrected chi connectivity index (χ2v) is 5.93. The smallest absolute Gasteiger partial charge is 0.226 e. The average molecular weight is 372 g/mol. The predicted octanol–water partition coefficient (Wildman–Crippen LogP) is 5.33. The van der Waals surface area contributed by atoms with Crippen LogP contribution in [0.25, 0.3) is 17.5 Å². The Balaban J connectivity index is 1.72. The van der Waals surface area contributed by atoms with Crippen molar-refractivity contribution >= 4 is 6.08 Å². The molecule has 3 aromatic rings. The molecular formula is C23H20N2O3. The van der Waals surface area contributed by atoms with Crippen LogP contribution < -0.4 is 9.47 Å². The van der Waals surface area contributed by atoms with Crippen LogP contribution in [0.4, 0.5) is 0 Å². The van der Waals surface area contributed by atoms with E-state index in [1.54, 1.807) is 19.3 Å². The number of hydrogen-bond acceptors (Lipinski definition) is 5. The van der Waals surface area contributed by atoms with Gasteiger partial charge in [0, 0.05) is 11.6 Å². The zero-order chi connectivity index (χ0) is 19.8. The lowest BCUT2D eigenvalue weighted by atomic mass is 10.2. The number of nitrogens with zero attached hydrogens (tertiary/aromatic N) is 2. The first kappa shape index (κ1) is 19.0. The molecule has 0 fully saturated rings. The SMILES string of the molecule is COc1cc(/C=C/C=C/C#N)ccc1OCc1nc(-c2ccccc2)oc1C. The Morgan fingerprint density at radius 1 is 1.11 bits per heavy atom. The lowest BCUT2D eigenvalue weighted by Crippen LogP contribution is -1.99.